The molecule has 8 heteroatoms. The van der Waals surface area contributed by atoms with Gasteiger partial charge >= 0.3 is 0 Å². The van der Waals surface area contributed by atoms with Gasteiger partial charge in [-0.3, -0.25) is 4.79 Å². The fourth-order valence-electron chi connectivity index (χ4n) is 2.23. The lowest BCUT2D eigenvalue weighted by atomic mass is 10.2. The van der Waals surface area contributed by atoms with Gasteiger partial charge in [0.1, 0.15) is 0 Å². The molecule has 2 rings (SSSR count). The molecule has 0 atom stereocenters. The average Bonchev–Trinajstić information content (AvgIpc) is 2.48. The molecular formula is C17H19N3O3S2. The molecule has 0 aromatic heterocycles. The highest BCUT2D eigenvalue weighted by atomic mass is 32.2. The van der Waals surface area contributed by atoms with E-state index in [4.69, 9.17) is 11.5 Å². The van der Waals surface area contributed by atoms with Crippen LogP contribution in [0.2, 0.25) is 0 Å². The number of nitrogens with zero attached hydrogens (tertiary/aromatic N) is 1. The zero-order chi connectivity index (χ0) is 18.8. The van der Waals surface area contributed by atoms with Gasteiger partial charge < -0.3 is 11.5 Å². The SMILES string of the molecule is Cc1ccc(Sc2ccc(C(=O)N=C(N)N)cc2S(C)(=O)=O)c(C)c1. The predicted molar refractivity (Wildman–Crippen MR) is 99.7 cm³/mol. The number of aryl methyl sites for hydroxylation is 2. The van der Waals surface area contributed by atoms with Crippen molar-refractivity contribution in [2.45, 2.75) is 28.5 Å². The summed E-state index contributed by atoms with van der Waals surface area (Å²) in [5.74, 6) is -1.06. The van der Waals surface area contributed by atoms with Gasteiger partial charge in [-0.15, -0.1) is 0 Å². The summed E-state index contributed by atoms with van der Waals surface area (Å²) in [4.78, 5) is 16.9. The summed E-state index contributed by atoms with van der Waals surface area (Å²) in [6, 6.07) is 10.3. The van der Waals surface area contributed by atoms with Crippen LogP contribution in [-0.2, 0) is 9.84 Å². The van der Waals surface area contributed by atoms with Crippen molar-refractivity contribution in [3.63, 3.8) is 0 Å². The fraction of sp³-hybridized carbons (Fsp3) is 0.176. The first-order chi connectivity index (χ1) is 11.6. The minimum Gasteiger partial charge on any atom is -0.370 e. The molecule has 0 saturated heterocycles. The standard InChI is InChI=1S/C17H19N3O3S2/c1-10-4-6-13(11(2)8-10)24-14-7-5-12(16(21)20-17(18)19)9-15(14)25(3,22)23/h4-9H,1-3H3,(H4,18,19,20,21). The van der Waals surface area contributed by atoms with Crippen molar-refractivity contribution in [3.8, 4) is 0 Å². The van der Waals surface area contributed by atoms with E-state index >= 15 is 0 Å². The van der Waals surface area contributed by atoms with Crippen LogP contribution in [0.15, 0.2) is 56.1 Å². The molecule has 0 fully saturated rings. The number of carbonyl (C=O) groups is 1. The van der Waals surface area contributed by atoms with Crippen LogP contribution in [-0.4, -0.2) is 26.5 Å². The van der Waals surface area contributed by atoms with Crippen molar-refractivity contribution in [2.75, 3.05) is 6.26 Å². The molecule has 6 nitrogen and oxygen atoms in total. The minimum absolute atomic E-state index is 0.0640. The van der Waals surface area contributed by atoms with Gasteiger partial charge in [0.25, 0.3) is 5.91 Å². The molecule has 2 aromatic carbocycles. The molecule has 0 aliphatic carbocycles. The van der Waals surface area contributed by atoms with Gasteiger partial charge in [0.2, 0.25) is 0 Å². The van der Waals surface area contributed by atoms with Crippen LogP contribution in [0, 0.1) is 13.8 Å². The number of hydrogen-bond acceptors (Lipinski definition) is 4. The highest BCUT2D eigenvalue weighted by molar-refractivity contribution is 8.00. The van der Waals surface area contributed by atoms with Crippen LogP contribution >= 0.6 is 11.8 Å². The summed E-state index contributed by atoms with van der Waals surface area (Å²) in [6.45, 7) is 3.96. The molecule has 25 heavy (non-hydrogen) atoms. The quantitative estimate of drug-likeness (QED) is 0.624. The van der Waals surface area contributed by atoms with E-state index in [1.54, 1.807) is 6.07 Å². The fourth-order valence-corrected chi connectivity index (χ4v) is 4.47. The summed E-state index contributed by atoms with van der Waals surface area (Å²) in [6.07, 6.45) is 1.10. The van der Waals surface area contributed by atoms with Crippen molar-refractivity contribution in [3.05, 3.63) is 53.1 Å². The van der Waals surface area contributed by atoms with Gasteiger partial charge in [0.05, 0.1) is 4.90 Å². The lowest BCUT2D eigenvalue weighted by molar-refractivity contribution is 0.100. The Bertz CT molecular complexity index is 963. The van der Waals surface area contributed by atoms with Gasteiger partial charge in [0.15, 0.2) is 15.8 Å². The predicted octanol–water partition coefficient (Wildman–Crippen LogP) is 2.27. The molecule has 0 heterocycles. The number of rotatable bonds is 4. The summed E-state index contributed by atoms with van der Waals surface area (Å²) >= 11 is 1.34. The number of hydrogen-bond donors (Lipinski definition) is 2. The number of guanidine groups is 1. The molecule has 0 unspecified atom stereocenters. The Kier molecular flexibility index (Phi) is 5.54. The third kappa shape index (κ3) is 4.83. The van der Waals surface area contributed by atoms with Crippen LogP contribution in [0.1, 0.15) is 21.5 Å². The first-order valence-corrected chi connectivity index (χ1v) is 10.0. The third-order valence-corrected chi connectivity index (χ3v) is 5.89. The van der Waals surface area contributed by atoms with E-state index in [0.717, 1.165) is 22.3 Å². The number of aliphatic imine (C=N–C) groups is 1. The van der Waals surface area contributed by atoms with Gasteiger partial charge in [-0.2, -0.15) is 4.99 Å². The number of sulfone groups is 1. The van der Waals surface area contributed by atoms with Gasteiger partial charge in [0, 0.05) is 21.6 Å². The molecule has 0 bridgehead atoms. The Hall–Kier alpha value is -2.32. The van der Waals surface area contributed by atoms with Crippen molar-refractivity contribution in [1.29, 1.82) is 0 Å². The molecule has 132 valence electrons. The first kappa shape index (κ1) is 19.0. The molecule has 0 saturated carbocycles. The molecule has 0 aliphatic rings. The van der Waals surface area contributed by atoms with Crippen LogP contribution in [0.3, 0.4) is 0 Å². The molecule has 0 radical (unpaired) electrons. The van der Waals surface area contributed by atoms with Crippen LogP contribution in [0.4, 0.5) is 0 Å². The Morgan fingerprint density at radius 1 is 1.04 bits per heavy atom. The van der Waals surface area contributed by atoms with E-state index in [0.29, 0.717) is 4.90 Å². The zero-order valence-corrected chi connectivity index (χ0v) is 15.7. The van der Waals surface area contributed by atoms with Gasteiger partial charge in [-0.05, 0) is 43.7 Å². The normalized spacial score (nSPS) is 11.2. The van der Waals surface area contributed by atoms with E-state index in [1.807, 2.05) is 32.0 Å². The van der Waals surface area contributed by atoms with Crippen molar-refractivity contribution in [2.24, 2.45) is 16.5 Å². The summed E-state index contributed by atoms with van der Waals surface area (Å²) in [5.41, 5.74) is 12.7. The molecule has 2 aromatic rings. The third-order valence-electron chi connectivity index (χ3n) is 3.37. The lowest BCUT2D eigenvalue weighted by Crippen LogP contribution is -2.24. The van der Waals surface area contributed by atoms with Crippen molar-refractivity contribution >= 4 is 33.5 Å². The van der Waals surface area contributed by atoms with Gasteiger partial charge in [-0.1, -0.05) is 29.5 Å². The maximum atomic E-state index is 12.2. The number of nitrogens with two attached hydrogens (primary N) is 2. The lowest BCUT2D eigenvalue weighted by Gasteiger charge is -2.11. The Morgan fingerprint density at radius 2 is 1.68 bits per heavy atom. The number of benzene rings is 2. The monoisotopic (exact) mass is 377 g/mol. The second-order valence-electron chi connectivity index (χ2n) is 5.65. The number of carbonyl (C=O) groups excluding carboxylic acids is 1. The zero-order valence-electron chi connectivity index (χ0n) is 14.1. The summed E-state index contributed by atoms with van der Waals surface area (Å²) in [7, 11) is -3.54. The average molecular weight is 377 g/mol. The van der Waals surface area contributed by atoms with Crippen molar-refractivity contribution < 1.29 is 13.2 Å². The van der Waals surface area contributed by atoms with E-state index < -0.39 is 15.7 Å². The molecule has 4 N–H and O–H groups in total. The second-order valence-corrected chi connectivity index (χ2v) is 8.71. The van der Waals surface area contributed by atoms with E-state index in [-0.39, 0.29) is 16.4 Å². The van der Waals surface area contributed by atoms with Crippen LogP contribution < -0.4 is 11.5 Å². The highest BCUT2D eigenvalue weighted by Gasteiger charge is 2.18. The van der Waals surface area contributed by atoms with Crippen LogP contribution in [0.5, 0.6) is 0 Å². The number of amides is 1. The maximum Gasteiger partial charge on any atom is 0.280 e. The minimum atomic E-state index is -3.54. The van der Waals surface area contributed by atoms with Gasteiger partial charge in [-0.25, -0.2) is 8.42 Å². The second kappa shape index (κ2) is 7.28. The summed E-state index contributed by atoms with van der Waals surface area (Å²) < 4.78 is 24.3. The Balaban J connectivity index is 2.51. The maximum absolute atomic E-state index is 12.2. The molecule has 0 aliphatic heterocycles. The molecule has 0 spiro atoms. The van der Waals surface area contributed by atoms with E-state index in [1.165, 1.54) is 23.9 Å². The van der Waals surface area contributed by atoms with Crippen molar-refractivity contribution in [1.82, 2.24) is 0 Å². The highest BCUT2D eigenvalue weighted by Crippen LogP contribution is 2.35. The first-order valence-electron chi connectivity index (χ1n) is 7.31. The van der Waals surface area contributed by atoms with E-state index in [2.05, 4.69) is 4.99 Å². The summed E-state index contributed by atoms with van der Waals surface area (Å²) in [5, 5.41) is 0. The molecular weight excluding hydrogens is 358 g/mol. The Labute approximate surface area is 151 Å². The molecule has 1 amide bonds. The smallest absolute Gasteiger partial charge is 0.280 e. The largest absolute Gasteiger partial charge is 0.370 e. The Morgan fingerprint density at radius 3 is 2.24 bits per heavy atom. The van der Waals surface area contributed by atoms with E-state index in [9.17, 15) is 13.2 Å². The van der Waals surface area contributed by atoms with Crippen LogP contribution in [0.25, 0.3) is 0 Å². The topological polar surface area (TPSA) is 116 Å².